The molecule has 6 nitrogen and oxygen atoms in total. The third kappa shape index (κ3) is 4.15. The monoisotopic (exact) mass is 279 g/mol. The van der Waals surface area contributed by atoms with Crippen LogP contribution in [0.25, 0.3) is 0 Å². The van der Waals surface area contributed by atoms with E-state index in [-0.39, 0.29) is 19.1 Å². The quantitative estimate of drug-likeness (QED) is 0.600. The lowest BCUT2D eigenvalue weighted by Crippen LogP contribution is -2.35. The summed E-state index contributed by atoms with van der Waals surface area (Å²) in [5, 5.41) is 2.71. The molecule has 0 atom stereocenters. The van der Waals surface area contributed by atoms with Crippen LogP contribution in [0.3, 0.4) is 0 Å². The molecule has 0 aliphatic heterocycles. The SMILES string of the molecule is CCNC(=O)CN(C)c1ccc(N)cc1C(=O)OCC. The summed E-state index contributed by atoms with van der Waals surface area (Å²) in [6.07, 6.45) is 0. The van der Waals surface area contributed by atoms with Gasteiger partial charge in [-0.15, -0.1) is 0 Å². The molecule has 0 aliphatic carbocycles. The van der Waals surface area contributed by atoms with Crippen LogP contribution in [0.4, 0.5) is 11.4 Å². The predicted molar refractivity (Wildman–Crippen MR) is 78.8 cm³/mol. The van der Waals surface area contributed by atoms with E-state index in [0.717, 1.165) is 0 Å². The molecule has 0 aliphatic rings. The summed E-state index contributed by atoms with van der Waals surface area (Å²) in [7, 11) is 1.74. The van der Waals surface area contributed by atoms with Gasteiger partial charge in [-0.2, -0.15) is 0 Å². The van der Waals surface area contributed by atoms with Gasteiger partial charge in [0, 0.05) is 19.3 Å². The Kier molecular flexibility index (Phi) is 5.83. The highest BCUT2D eigenvalue weighted by Crippen LogP contribution is 2.23. The fraction of sp³-hybridized carbons (Fsp3) is 0.429. The smallest absolute Gasteiger partial charge is 0.340 e. The van der Waals surface area contributed by atoms with E-state index in [9.17, 15) is 9.59 Å². The first-order valence-electron chi connectivity index (χ1n) is 6.54. The van der Waals surface area contributed by atoms with E-state index in [1.54, 1.807) is 37.1 Å². The third-order valence-electron chi connectivity index (χ3n) is 2.68. The van der Waals surface area contributed by atoms with Gasteiger partial charge in [0.15, 0.2) is 0 Å². The number of hydrogen-bond donors (Lipinski definition) is 2. The number of carbonyl (C=O) groups is 2. The molecule has 0 heterocycles. The number of nitrogens with one attached hydrogen (secondary N) is 1. The van der Waals surface area contributed by atoms with Gasteiger partial charge in [-0.05, 0) is 32.0 Å². The molecule has 0 unspecified atom stereocenters. The van der Waals surface area contributed by atoms with Gasteiger partial charge in [-0.3, -0.25) is 4.79 Å². The molecule has 0 fully saturated rings. The van der Waals surface area contributed by atoms with E-state index in [2.05, 4.69) is 5.32 Å². The fourth-order valence-corrected chi connectivity index (χ4v) is 1.81. The number of hydrogen-bond acceptors (Lipinski definition) is 5. The Morgan fingerprint density at radius 3 is 2.65 bits per heavy atom. The Balaban J connectivity index is 2.98. The molecule has 0 radical (unpaired) electrons. The second-order valence-corrected chi connectivity index (χ2v) is 4.31. The normalized spacial score (nSPS) is 9.95. The zero-order chi connectivity index (χ0) is 15.1. The van der Waals surface area contributed by atoms with Gasteiger partial charge < -0.3 is 20.7 Å². The van der Waals surface area contributed by atoms with E-state index in [1.165, 1.54) is 0 Å². The Bertz CT molecular complexity index is 489. The van der Waals surface area contributed by atoms with Gasteiger partial charge in [-0.1, -0.05) is 0 Å². The van der Waals surface area contributed by atoms with Gasteiger partial charge in [0.05, 0.1) is 24.4 Å². The number of rotatable bonds is 6. The summed E-state index contributed by atoms with van der Waals surface area (Å²) in [4.78, 5) is 25.2. The van der Waals surface area contributed by atoms with Crippen molar-refractivity contribution in [2.45, 2.75) is 13.8 Å². The van der Waals surface area contributed by atoms with Crippen LogP contribution in [0.15, 0.2) is 18.2 Å². The minimum atomic E-state index is -0.447. The largest absolute Gasteiger partial charge is 0.462 e. The Hall–Kier alpha value is -2.24. The van der Waals surface area contributed by atoms with Crippen LogP contribution in [0.5, 0.6) is 0 Å². The zero-order valence-electron chi connectivity index (χ0n) is 12.1. The molecule has 0 bridgehead atoms. The minimum Gasteiger partial charge on any atom is -0.462 e. The second kappa shape index (κ2) is 7.37. The third-order valence-corrected chi connectivity index (χ3v) is 2.68. The average Bonchev–Trinajstić information content (AvgIpc) is 2.38. The standard InChI is InChI=1S/C14H21N3O3/c1-4-16-13(18)9-17(3)12-7-6-10(15)8-11(12)14(19)20-5-2/h6-8H,4-5,9,15H2,1-3H3,(H,16,18). The van der Waals surface area contributed by atoms with Crippen molar-refractivity contribution in [3.8, 4) is 0 Å². The number of anilines is 2. The van der Waals surface area contributed by atoms with Crippen molar-refractivity contribution < 1.29 is 14.3 Å². The van der Waals surface area contributed by atoms with Gasteiger partial charge >= 0.3 is 5.97 Å². The summed E-state index contributed by atoms with van der Waals surface area (Å²) in [6.45, 7) is 4.60. The first-order chi connectivity index (χ1) is 9.49. The Labute approximate surface area is 118 Å². The highest BCUT2D eigenvalue weighted by Gasteiger charge is 2.17. The molecule has 0 saturated heterocycles. The van der Waals surface area contributed by atoms with Crippen LogP contribution in [0.2, 0.25) is 0 Å². The van der Waals surface area contributed by atoms with Gasteiger partial charge in [0.2, 0.25) is 5.91 Å². The van der Waals surface area contributed by atoms with Crippen molar-refractivity contribution in [1.82, 2.24) is 5.32 Å². The van der Waals surface area contributed by atoms with Crippen LogP contribution < -0.4 is 16.0 Å². The number of nitrogens with zero attached hydrogens (tertiary/aromatic N) is 1. The van der Waals surface area contributed by atoms with Crippen LogP contribution in [0.1, 0.15) is 24.2 Å². The average molecular weight is 279 g/mol. The lowest BCUT2D eigenvalue weighted by Gasteiger charge is -2.21. The van der Waals surface area contributed by atoms with Crippen molar-refractivity contribution in [1.29, 1.82) is 0 Å². The topological polar surface area (TPSA) is 84.7 Å². The molecule has 0 saturated carbocycles. The van der Waals surface area contributed by atoms with Crippen LogP contribution in [0, 0.1) is 0 Å². The minimum absolute atomic E-state index is 0.110. The van der Waals surface area contributed by atoms with Gasteiger partial charge in [-0.25, -0.2) is 4.79 Å². The Morgan fingerprint density at radius 1 is 1.35 bits per heavy atom. The number of likely N-dealkylation sites (N-methyl/N-ethyl adjacent to an activating group) is 2. The van der Waals surface area contributed by atoms with E-state index in [0.29, 0.717) is 23.5 Å². The van der Waals surface area contributed by atoms with Crippen LogP contribution in [-0.2, 0) is 9.53 Å². The molecular formula is C14H21N3O3. The zero-order valence-corrected chi connectivity index (χ0v) is 12.1. The van der Waals surface area contributed by atoms with Crippen molar-refractivity contribution in [2.75, 3.05) is 37.4 Å². The number of carbonyl (C=O) groups excluding carboxylic acids is 2. The van der Waals surface area contributed by atoms with E-state index in [1.807, 2.05) is 6.92 Å². The van der Waals surface area contributed by atoms with Crippen molar-refractivity contribution >= 4 is 23.3 Å². The highest BCUT2D eigenvalue weighted by molar-refractivity contribution is 5.97. The van der Waals surface area contributed by atoms with E-state index < -0.39 is 5.97 Å². The van der Waals surface area contributed by atoms with Crippen molar-refractivity contribution in [2.24, 2.45) is 0 Å². The molecule has 0 aromatic heterocycles. The van der Waals surface area contributed by atoms with E-state index >= 15 is 0 Å². The second-order valence-electron chi connectivity index (χ2n) is 4.31. The molecule has 1 amide bonds. The Morgan fingerprint density at radius 2 is 2.05 bits per heavy atom. The fourth-order valence-electron chi connectivity index (χ4n) is 1.81. The number of esters is 1. The molecular weight excluding hydrogens is 258 g/mol. The van der Waals surface area contributed by atoms with Gasteiger partial charge in [0.25, 0.3) is 0 Å². The van der Waals surface area contributed by atoms with E-state index in [4.69, 9.17) is 10.5 Å². The lowest BCUT2D eigenvalue weighted by molar-refractivity contribution is -0.119. The summed E-state index contributed by atoms with van der Waals surface area (Å²) in [5.41, 5.74) is 7.15. The summed E-state index contributed by atoms with van der Waals surface area (Å²) >= 11 is 0. The molecule has 20 heavy (non-hydrogen) atoms. The maximum Gasteiger partial charge on any atom is 0.340 e. The lowest BCUT2D eigenvalue weighted by atomic mass is 10.1. The molecule has 1 rings (SSSR count). The first kappa shape index (κ1) is 15.8. The molecule has 110 valence electrons. The molecule has 3 N–H and O–H groups in total. The molecule has 1 aromatic carbocycles. The maximum atomic E-state index is 11.9. The predicted octanol–water partition coefficient (Wildman–Crippen LogP) is 1.02. The summed E-state index contributed by atoms with van der Waals surface area (Å²) in [6, 6.07) is 4.95. The van der Waals surface area contributed by atoms with Crippen molar-refractivity contribution in [3.05, 3.63) is 23.8 Å². The van der Waals surface area contributed by atoms with Gasteiger partial charge in [0.1, 0.15) is 0 Å². The number of benzene rings is 1. The summed E-state index contributed by atoms with van der Waals surface area (Å²) in [5.74, 6) is -0.556. The highest BCUT2D eigenvalue weighted by atomic mass is 16.5. The first-order valence-corrected chi connectivity index (χ1v) is 6.54. The molecule has 1 aromatic rings. The van der Waals surface area contributed by atoms with Crippen LogP contribution in [-0.4, -0.2) is 38.6 Å². The number of nitrogen functional groups attached to an aromatic ring is 1. The maximum absolute atomic E-state index is 11.9. The number of ether oxygens (including phenoxy) is 1. The molecule has 6 heteroatoms. The van der Waals surface area contributed by atoms with Crippen molar-refractivity contribution in [3.63, 3.8) is 0 Å². The van der Waals surface area contributed by atoms with Crippen LogP contribution >= 0.6 is 0 Å². The summed E-state index contributed by atoms with van der Waals surface area (Å²) < 4.78 is 5.00. The molecule has 0 spiro atoms. The number of amides is 1. The number of nitrogens with two attached hydrogens (primary N) is 1.